The molecule has 2 rings (SSSR count). The molecular weight excluding hydrogens is 310 g/mol. The van der Waals surface area contributed by atoms with Gasteiger partial charge in [-0.15, -0.1) is 0 Å². The second-order valence-electron chi connectivity index (χ2n) is 4.02. The van der Waals surface area contributed by atoms with Crippen LogP contribution in [-0.4, -0.2) is 18.1 Å². The lowest BCUT2D eigenvalue weighted by Crippen LogP contribution is -2.19. The van der Waals surface area contributed by atoms with Crippen molar-refractivity contribution in [2.45, 2.75) is 6.42 Å². The van der Waals surface area contributed by atoms with E-state index in [0.717, 1.165) is 15.7 Å². The fourth-order valence-corrected chi connectivity index (χ4v) is 1.97. The van der Waals surface area contributed by atoms with Crippen molar-refractivity contribution in [1.29, 1.82) is 0 Å². The SMILES string of the molecule is COC(=O)c1ccc(Cc2ccc(Br)cc2)[nH]c1=O. The maximum Gasteiger partial charge on any atom is 0.343 e. The lowest BCUT2D eigenvalue weighted by molar-refractivity contribution is 0.0598. The number of halogens is 1. The van der Waals surface area contributed by atoms with E-state index in [1.807, 2.05) is 24.3 Å². The minimum atomic E-state index is -0.628. The molecule has 1 N–H and O–H groups in total. The van der Waals surface area contributed by atoms with Crippen molar-refractivity contribution in [3.8, 4) is 0 Å². The second kappa shape index (κ2) is 5.84. The summed E-state index contributed by atoms with van der Waals surface area (Å²) in [6.45, 7) is 0. The molecule has 0 unspecified atom stereocenters. The zero-order valence-electron chi connectivity index (χ0n) is 10.3. The highest BCUT2D eigenvalue weighted by molar-refractivity contribution is 9.10. The minimum Gasteiger partial charge on any atom is -0.465 e. The minimum absolute atomic E-state index is 0.0158. The number of aromatic amines is 1. The molecule has 0 radical (unpaired) electrons. The molecule has 1 aromatic carbocycles. The normalized spacial score (nSPS) is 10.2. The average Bonchev–Trinajstić information content (AvgIpc) is 2.41. The Morgan fingerprint density at radius 1 is 1.21 bits per heavy atom. The van der Waals surface area contributed by atoms with Crippen molar-refractivity contribution < 1.29 is 9.53 Å². The molecule has 19 heavy (non-hydrogen) atoms. The number of nitrogens with one attached hydrogen (secondary N) is 1. The molecule has 0 aliphatic heterocycles. The van der Waals surface area contributed by atoms with Crippen molar-refractivity contribution >= 4 is 21.9 Å². The van der Waals surface area contributed by atoms with Gasteiger partial charge in [-0.25, -0.2) is 4.79 Å². The summed E-state index contributed by atoms with van der Waals surface area (Å²) in [5, 5.41) is 0. The highest BCUT2D eigenvalue weighted by Gasteiger charge is 2.10. The number of aromatic nitrogens is 1. The summed E-state index contributed by atoms with van der Waals surface area (Å²) >= 11 is 3.37. The Balaban J connectivity index is 2.23. The molecule has 1 aromatic heterocycles. The second-order valence-corrected chi connectivity index (χ2v) is 4.94. The quantitative estimate of drug-likeness (QED) is 0.884. The van der Waals surface area contributed by atoms with Crippen molar-refractivity contribution in [3.05, 3.63) is 68.0 Å². The number of carbonyl (C=O) groups excluding carboxylic acids is 1. The van der Waals surface area contributed by atoms with Gasteiger partial charge in [-0.3, -0.25) is 4.79 Å². The van der Waals surface area contributed by atoms with Crippen molar-refractivity contribution in [2.75, 3.05) is 7.11 Å². The number of H-pyrrole nitrogens is 1. The zero-order chi connectivity index (χ0) is 13.8. The Bertz CT molecular complexity index is 646. The number of hydrogen-bond acceptors (Lipinski definition) is 3. The molecular formula is C14H12BrNO3. The third-order valence-electron chi connectivity index (χ3n) is 2.68. The molecule has 4 nitrogen and oxygen atoms in total. The number of methoxy groups -OCH3 is 1. The van der Waals surface area contributed by atoms with Crippen LogP contribution in [-0.2, 0) is 11.2 Å². The summed E-state index contributed by atoms with van der Waals surface area (Å²) < 4.78 is 5.53. The zero-order valence-corrected chi connectivity index (χ0v) is 11.9. The smallest absolute Gasteiger partial charge is 0.343 e. The number of pyridine rings is 1. The number of rotatable bonds is 3. The fourth-order valence-electron chi connectivity index (χ4n) is 1.71. The molecule has 0 atom stereocenters. The molecule has 5 heteroatoms. The molecule has 0 aliphatic carbocycles. The van der Waals surface area contributed by atoms with E-state index >= 15 is 0 Å². The third-order valence-corrected chi connectivity index (χ3v) is 3.21. The fraction of sp³-hybridized carbons (Fsp3) is 0.143. The van der Waals surface area contributed by atoms with E-state index < -0.39 is 11.5 Å². The Morgan fingerprint density at radius 2 is 1.89 bits per heavy atom. The predicted molar refractivity (Wildman–Crippen MR) is 75.4 cm³/mol. The molecule has 0 bridgehead atoms. The maximum absolute atomic E-state index is 11.7. The van der Waals surface area contributed by atoms with Gasteiger partial charge in [0.25, 0.3) is 5.56 Å². The van der Waals surface area contributed by atoms with Crippen LogP contribution < -0.4 is 5.56 Å². The van der Waals surface area contributed by atoms with Gasteiger partial charge in [0.05, 0.1) is 7.11 Å². The molecule has 0 spiro atoms. The monoisotopic (exact) mass is 321 g/mol. The summed E-state index contributed by atoms with van der Waals surface area (Å²) in [6.07, 6.45) is 0.601. The van der Waals surface area contributed by atoms with Gasteiger partial charge in [-0.05, 0) is 29.8 Å². The summed E-state index contributed by atoms with van der Waals surface area (Å²) in [5.74, 6) is -0.628. The summed E-state index contributed by atoms with van der Waals surface area (Å²) in [5.41, 5.74) is 1.41. The first-order valence-electron chi connectivity index (χ1n) is 5.65. The third kappa shape index (κ3) is 3.32. The van der Waals surface area contributed by atoms with Gasteiger partial charge >= 0.3 is 5.97 Å². The Labute approximate surface area is 118 Å². The molecule has 98 valence electrons. The van der Waals surface area contributed by atoms with E-state index in [4.69, 9.17) is 0 Å². The van der Waals surface area contributed by atoms with E-state index in [2.05, 4.69) is 25.7 Å². The van der Waals surface area contributed by atoms with Gasteiger partial charge in [-0.2, -0.15) is 0 Å². The van der Waals surface area contributed by atoms with Crippen molar-refractivity contribution in [2.24, 2.45) is 0 Å². The molecule has 0 saturated carbocycles. The van der Waals surface area contributed by atoms with Crippen LogP contribution >= 0.6 is 15.9 Å². The lowest BCUT2D eigenvalue weighted by Gasteiger charge is -2.04. The molecule has 0 saturated heterocycles. The van der Waals surface area contributed by atoms with Gasteiger partial charge in [0, 0.05) is 16.6 Å². The number of hydrogen-bond donors (Lipinski definition) is 1. The van der Waals surface area contributed by atoms with Crippen LogP contribution in [0.25, 0.3) is 0 Å². The largest absolute Gasteiger partial charge is 0.465 e. The molecule has 1 heterocycles. The first kappa shape index (κ1) is 13.5. The Hall–Kier alpha value is -1.88. The Kier molecular flexibility index (Phi) is 4.16. The van der Waals surface area contributed by atoms with Crippen LogP contribution in [0, 0.1) is 0 Å². The van der Waals surface area contributed by atoms with Gasteiger partial charge in [0.2, 0.25) is 0 Å². The van der Waals surface area contributed by atoms with Crippen LogP contribution in [0.3, 0.4) is 0 Å². The van der Waals surface area contributed by atoms with E-state index in [1.165, 1.54) is 13.2 Å². The molecule has 0 aliphatic rings. The van der Waals surface area contributed by atoms with Gasteiger partial charge in [0.15, 0.2) is 0 Å². The van der Waals surface area contributed by atoms with E-state index in [1.54, 1.807) is 6.07 Å². The van der Waals surface area contributed by atoms with Crippen LogP contribution in [0.15, 0.2) is 45.7 Å². The van der Waals surface area contributed by atoms with E-state index in [-0.39, 0.29) is 5.56 Å². The Morgan fingerprint density at radius 3 is 2.47 bits per heavy atom. The van der Waals surface area contributed by atoms with Gasteiger partial charge < -0.3 is 9.72 Å². The van der Waals surface area contributed by atoms with E-state index in [0.29, 0.717) is 6.42 Å². The standard InChI is InChI=1S/C14H12BrNO3/c1-19-14(18)12-7-6-11(16-13(12)17)8-9-2-4-10(15)5-3-9/h2-7H,8H2,1H3,(H,16,17). The topological polar surface area (TPSA) is 59.2 Å². The van der Waals surface area contributed by atoms with Crippen LogP contribution in [0.5, 0.6) is 0 Å². The summed E-state index contributed by atoms with van der Waals surface area (Å²) in [4.78, 5) is 25.7. The summed E-state index contributed by atoms with van der Waals surface area (Å²) in [6, 6.07) is 11.0. The highest BCUT2D eigenvalue weighted by atomic mass is 79.9. The van der Waals surface area contributed by atoms with Gasteiger partial charge in [-0.1, -0.05) is 28.1 Å². The number of ether oxygens (including phenoxy) is 1. The summed E-state index contributed by atoms with van der Waals surface area (Å²) in [7, 11) is 1.25. The molecule has 0 fully saturated rings. The first-order valence-corrected chi connectivity index (χ1v) is 6.44. The number of carbonyl (C=O) groups is 1. The number of benzene rings is 1. The van der Waals surface area contributed by atoms with Crippen LogP contribution in [0.2, 0.25) is 0 Å². The number of esters is 1. The first-order chi connectivity index (χ1) is 9.10. The van der Waals surface area contributed by atoms with Crippen molar-refractivity contribution in [3.63, 3.8) is 0 Å². The highest BCUT2D eigenvalue weighted by Crippen LogP contribution is 2.13. The van der Waals surface area contributed by atoms with Gasteiger partial charge in [0.1, 0.15) is 5.56 Å². The van der Waals surface area contributed by atoms with Crippen molar-refractivity contribution in [1.82, 2.24) is 4.98 Å². The molecule has 0 amide bonds. The maximum atomic E-state index is 11.7. The molecule has 2 aromatic rings. The lowest BCUT2D eigenvalue weighted by atomic mass is 10.1. The van der Waals surface area contributed by atoms with E-state index in [9.17, 15) is 9.59 Å². The predicted octanol–water partition coefficient (Wildman–Crippen LogP) is 2.51. The van der Waals surface area contributed by atoms with Crippen LogP contribution in [0.1, 0.15) is 21.6 Å². The average molecular weight is 322 g/mol. The van der Waals surface area contributed by atoms with Crippen LogP contribution in [0.4, 0.5) is 0 Å².